The SMILES string of the molecule is O=c1[nH]c(C2CCCN2CCn2cccnc2=O)nc2ccccc12. The predicted octanol–water partition coefficient (Wildman–Crippen LogP) is 1.32. The van der Waals surface area contributed by atoms with Crippen molar-refractivity contribution in [3.05, 3.63) is 69.4 Å². The van der Waals surface area contributed by atoms with Crippen LogP contribution in [-0.4, -0.2) is 37.5 Å². The molecule has 0 radical (unpaired) electrons. The minimum atomic E-state index is -0.240. The lowest BCUT2D eigenvalue weighted by Gasteiger charge is -2.24. The summed E-state index contributed by atoms with van der Waals surface area (Å²) >= 11 is 0. The van der Waals surface area contributed by atoms with E-state index in [0.29, 0.717) is 24.3 Å². The highest BCUT2D eigenvalue weighted by molar-refractivity contribution is 5.77. The Kier molecular flexibility index (Phi) is 4.15. The third-order valence-corrected chi connectivity index (χ3v) is 4.72. The molecule has 1 N–H and O–H groups in total. The first-order valence-electron chi connectivity index (χ1n) is 8.47. The van der Waals surface area contributed by atoms with Gasteiger partial charge in [-0.2, -0.15) is 0 Å². The largest absolute Gasteiger partial charge is 0.347 e. The third-order valence-electron chi connectivity index (χ3n) is 4.72. The molecule has 1 aliphatic rings. The molecule has 1 aliphatic heterocycles. The minimum absolute atomic E-state index is 0.0738. The van der Waals surface area contributed by atoms with Gasteiger partial charge in [-0.05, 0) is 37.6 Å². The van der Waals surface area contributed by atoms with Gasteiger partial charge in [0.15, 0.2) is 0 Å². The fraction of sp³-hybridized carbons (Fsp3) is 0.333. The van der Waals surface area contributed by atoms with Gasteiger partial charge >= 0.3 is 5.69 Å². The van der Waals surface area contributed by atoms with E-state index < -0.39 is 0 Å². The third kappa shape index (κ3) is 3.10. The molecular formula is C18H19N5O2. The summed E-state index contributed by atoms with van der Waals surface area (Å²) in [5.74, 6) is 0.708. The molecule has 1 atom stereocenters. The summed E-state index contributed by atoms with van der Waals surface area (Å²) in [5, 5.41) is 0.609. The number of fused-ring (bicyclic) bond motifs is 1. The Morgan fingerprint density at radius 2 is 2.04 bits per heavy atom. The topological polar surface area (TPSA) is 83.9 Å². The van der Waals surface area contributed by atoms with Crippen molar-refractivity contribution in [3.63, 3.8) is 0 Å². The van der Waals surface area contributed by atoms with Gasteiger partial charge in [-0.3, -0.25) is 14.3 Å². The van der Waals surface area contributed by atoms with E-state index in [1.165, 1.54) is 6.20 Å². The van der Waals surface area contributed by atoms with E-state index >= 15 is 0 Å². The molecule has 25 heavy (non-hydrogen) atoms. The lowest BCUT2D eigenvalue weighted by molar-refractivity contribution is 0.237. The van der Waals surface area contributed by atoms with Crippen molar-refractivity contribution in [2.24, 2.45) is 0 Å². The maximum Gasteiger partial charge on any atom is 0.347 e. The molecule has 3 aromatic rings. The lowest BCUT2D eigenvalue weighted by atomic mass is 10.2. The van der Waals surface area contributed by atoms with Crippen molar-refractivity contribution in [3.8, 4) is 0 Å². The van der Waals surface area contributed by atoms with Gasteiger partial charge < -0.3 is 4.98 Å². The van der Waals surface area contributed by atoms with Gasteiger partial charge in [0.25, 0.3) is 5.56 Å². The summed E-state index contributed by atoms with van der Waals surface area (Å²) < 4.78 is 1.60. The highest BCUT2D eigenvalue weighted by Gasteiger charge is 2.28. The quantitative estimate of drug-likeness (QED) is 0.776. The summed E-state index contributed by atoms with van der Waals surface area (Å²) in [6.45, 7) is 2.21. The fourth-order valence-electron chi connectivity index (χ4n) is 3.46. The van der Waals surface area contributed by atoms with Gasteiger partial charge in [-0.1, -0.05) is 12.1 Å². The maximum absolute atomic E-state index is 12.3. The van der Waals surface area contributed by atoms with Crippen LogP contribution in [0.2, 0.25) is 0 Å². The highest BCUT2D eigenvalue weighted by Crippen LogP contribution is 2.29. The van der Waals surface area contributed by atoms with Crippen LogP contribution in [0, 0.1) is 0 Å². The minimum Gasteiger partial charge on any atom is -0.309 e. The van der Waals surface area contributed by atoms with Crippen molar-refractivity contribution in [2.45, 2.75) is 25.4 Å². The molecule has 4 rings (SSSR count). The number of hydrogen-bond donors (Lipinski definition) is 1. The average molecular weight is 337 g/mol. The van der Waals surface area contributed by atoms with Crippen LogP contribution in [0.1, 0.15) is 24.7 Å². The number of para-hydroxylation sites is 1. The van der Waals surface area contributed by atoms with Crippen LogP contribution < -0.4 is 11.2 Å². The van der Waals surface area contributed by atoms with Gasteiger partial charge in [-0.15, -0.1) is 0 Å². The van der Waals surface area contributed by atoms with Gasteiger partial charge in [-0.25, -0.2) is 14.8 Å². The zero-order chi connectivity index (χ0) is 17.2. The van der Waals surface area contributed by atoms with Crippen molar-refractivity contribution in [1.82, 2.24) is 24.4 Å². The Balaban J connectivity index is 1.58. The number of nitrogens with zero attached hydrogens (tertiary/aromatic N) is 4. The molecule has 0 saturated carbocycles. The van der Waals surface area contributed by atoms with E-state index in [0.717, 1.165) is 24.9 Å². The highest BCUT2D eigenvalue weighted by atomic mass is 16.1. The van der Waals surface area contributed by atoms with E-state index in [1.807, 2.05) is 18.2 Å². The average Bonchev–Trinajstić information content (AvgIpc) is 3.10. The van der Waals surface area contributed by atoms with Gasteiger partial charge in [0, 0.05) is 25.5 Å². The van der Waals surface area contributed by atoms with Crippen LogP contribution in [-0.2, 0) is 6.54 Å². The van der Waals surface area contributed by atoms with E-state index in [2.05, 4.69) is 19.9 Å². The second kappa shape index (κ2) is 6.60. The first-order valence-corrected chi connectivity index (χ1v) is 8.47. The maximum atomic E-state index is 12.3. The van der Waals surface area contributed by atoms with Crippen LogP contribution in [0.3, 0.4) is 0 Å². The Labute approximate surface area is 144 Å². The second-order valence-corrected chi connectivity index (χ2v) is 6.26. The van der Waals surface area contributed by atoms with Gasteiger partial charge in [0.2, 0.25) is 0 Å². The summed E-state index contributed by atoms with van der Waals surface area (Å²) in [7, 11) is 0. The fourth-order valence-corrected chi connectivity index (χ4v) is 3.46. The first-order chi connectivity index (χ1) is 12.2. The monoisotopic (exact) mass is 337 g/mol. The summed E-state index contributed by atoms with van der Waals surface area (Å²) in [6.07, 6.45) is 5.24. The molecule has 0 aliphatic carbocycles. The van der Waals surface area contributed by atoms with Crippen molar-refractivity contribution in [2.75, 3.05) is 13.1 Å². The molecule has 1 fully saturated rings. The summed E-state index contributed by atoms with van der Waals surface area (Å²) in [4.78, 5) is 37.7. The normalized spacial score (nSPS) is 18.0. The van der Waals surface area contributed by atoms with Crippen molar-refractivity contribution >= 4 is 10.9 Å². The lowest BCUT2D eigenvalue weighted by Crippen LogP contribution is -2.32. The smallest absolute Gasteiger partial charge is 0.309 e. The van der Waals surface area contributed by atoms with E-state index in [-0.39, 0.29) is 17.3 Å². The number of H-pyrrole nitrogens is 1. The molecule has 1 aromatic carbocycles. The number of aromatic amines is 1. The zero-order valence-corrected chi connectivity index (χ0v) is 13.8. The Morgan fingerprint density at radius 1 is 1.16 bits per heavy atom. The number of likely N-dealkylation sites (tertiary alicyclic amines) is 1. The molecule has 0 spiro atoms. The molecule has 3 heterocycles. The molecule has 1 saturated heterocycles. The van der Waals surface area contributed by atoms with Gasteiger partial charge in [0.1, 0.15) is 5.82 Å². The van der Waals surface area contributed by atoms with E-state index in [9.17, 15) is 9.59 Å². The molecule has 7 nitrogen and oxygen atoms in total. The van der Waals surface area contributed by atoms with Gasteiger partial charge in [0.05, 0.1) is 16.9 Å². The van der Waals surface area contributed by atoms with Crippen molar-refractivity contribution in [1.29, 1.82) is 0 Å². The Morgan fingerprint density at radius 3 is 2.92 bits per heavy atom. The summed E-state index contributed by atoms with van der Waals surface area (Å²) in [6, 6.07) is 9.20. The predicted molar refractivity (Wildman–Crippen MR) is 94.4 cm³/mol. The molecule has 7 heteroatoms. The first kappa shape index (κ1) is 15.7. The Bertz CT molecular complexity index is 1010. The second-order valence-electron chi connectivity index (χ2n) is 6.26. The van der Waals surface area contributed by atoms with Crippen LogP contribution in [0.25, 0.3) is 10.9 Å². The number of hydrogen-bond acceptors (Lipinski definition) is 5. The van der Waals surface area contributed by atoms with Crippen LogP contribution in [0.4, 0.5) is 0 Å². The number of aromatic nitrogens is 4. The van der Waals surface area contributed by atoms with Crippen LogP contribution >= 0.6 is 0 Å². The van der Waals surface area contributed by atoms with E-state index in [4.69, 9.17) is 0 Å². The Hall–Kier alpha value is -2.80. The van der Waals surface area contributed by atoms with Crippen LogP contribution in [0.5, 0.6) is 0 Å². The molecule has 0 bridgehead atoms. The number of rotatable bonds is 4. The van der Waals surface area contributed by atoms with Crippen LogP contribution in [0.15, 0.2) is 52.3 Å². The molecule has 128 valence electrons. The van der Waals surface area contributed by atoms with Crippen molar-refractivity contribution < 1.29 is 0 Å². The zero-order valence-electron chi connectivity index (χ0n) is 13.8. The van der Waals surface area contributed by atoms with E-state index in [1.54, 1.807) is 22.9 Å². The molecule has 2 aromatic heterocycles. The standard InChI is InChI=1S/C18H19N5O2/c24-17-13-5-1-2-6-14(13)20-16(21-17)15-7-3-9-22(15)11-12-23-10-4-8-19-18(23)25/h1-2,4-6,8,10,15H,3,7,9,11-12H2,(H,20,21,24). The number of benzene rings is 1. The molecular weight excluding hydrogens is 318 g/mol. The number of nitrogens with one attached hydrogen (secondary N) is 1. The molecule has 1 unspecified atom stereocenters. The summed E-state index contributed by atoms with van der Waals surface area (Å²) in [5.41, 5.74) is 0.378. The molecule has 0 amide bonds.